The summed E-state index contributed by atoms with van der Waals surface area (Å²) in [6.45, 7) is 6.61. The molecule has 0 fully saturated rings. The third kappa shape index (κ3) is 8.84. The summed E-state index contributed by atoms with van der Waals surface area (Å²) in [5.74, 6) is 1.02. The molecule has 0 saturated heterocycles. The van der Waals surface area contributed by atoms with Crippen molar-refractivity contribution >= 4 is 5.78 Å². The smallest absolute Gasteiger partial charge is 0.166 e. The summed E-state index contributed by atoms with van der Waals surface area (Å²) < 4.78 is 0. The summed E-state index contributed by atoms with van der Waals surface area (Å²) >= 11 is 0. The number of rotatable bonds is 17. The predicted octanol–water partition coefficient (Wildman–Crippen LogP) is 8.62. The van der Waals surface area contributed by atoms with Crippen LogP contribution in [0.4, 0.5) is 0 Å². The average molecular weight is 437 g/mol. The van der Waals surface area contributed by atoms with Crippen LogP contribution in [0.1, 0.15) is 120 Å². The summed E-state index contributed by atoms with van der Waals surface area (Å²) in [5, 5.41) is 0. The van der Waals surface area contributed by atoms with Crippen molar-refractivity contribution in [3.05, 3.63) is 47.8 Å². The van der Waals surface area contributed by atoms with E-state index in [1.165, 1.54) is 56.9 Å². The number of benzene rings is 1. The van der Waals surface area contributed by atoms with Crippen molar-refractivity contribution in [1.82, 2.24) is 9.97 Å². The fourth-order valence-electron chi connectivity index (χ4n) is 4.40. The van der Waals surface area contributed by atoms with Gasteiger partial charge in [0, 0.05) is 29.4 Å². The average Bonchev–Trinajstić information content (AvgIpc) is 2.83. The first-order valence-electron chi connectivity index (χ1n) is 13.2. The van der Waals surface area contributed by atoms with E-state index in [1.54, 1.807) is 0 Å². The molecule has 0 saturated carbocycles. The van der Waals surface area contributed by atoms with E-state index in [0.29, 0.717) is 5.82 Å². The maximum Gasteiger partial charge on any atom is 0.166 e. The van der Waals surface area contributed by atoms with Crippen LogP contribution in [0.25, 0.3) is 11.4 Å². The number of nitrogens with zero attached hydrogens (tertiary/aromatic N) is 2. The summed E-state index contributed by atoms with van der Waals surface area (Å²) in [5.41, 5.74) is 2.84. The van der Waals surface area contributed by atoms with Gasteiger partial charge in [-0.05, 0) is 31.2 Å². The van der Waals surface area contributed by atoms with Crippen molar-refractivity contribution in [1.29, 1.82) is 0 Å². The van der Waals surface area contributed by atoms with Gasteiger partial charge in [0.05, 0.1) is 0 Å². The van der Waals surface area contributed by atoms with Crippen molar-refractivity contribution in [2.75, 3.05) is 0 Å². The Morgan fingerprint density at radius 3 is 2.03 bits per heavy atom. The molecule has 0 bridgehead atoms. The van der Waals surface area contributed by atoms with Gasteiger partial charge in [0.2, 0.25) is 0 Å². The minimum absolute atomic E-state index is 0.0994. The molecular formula is C29H44N2O. The molecule has 0 aliphatic carbocycles. The van der Waals surface area contributed by atoms with Gasteiger partial charge >= 0.3 is 0 Å². The maximum atomic E-state index is 13.3. The van der Waals surface area contributed by atoms with Gasteiger partial charge in [-0.25, -0.2) is 9.97 Å². The fraction of sp³-hybridized carbons (Fsp3) is 0.621. The van der Waals surface area contributed by atoms with Gasteiger partial charge in [-0.2, -0.15) is 0 Å². The van der Waals surface area contributed by atoms with E-state index < -0.39 is 0 Å². The molecule has 1 aromatic carbocycles. The van der Waals surface area contributed by atoms with Gasteiger partial charge in [0.15, 0.2) is 11.6 Å². The highest BCUT2D eigenvalue weighted by molar-refractivity contribution is 6.03. The fourth-order valence-corrected chi connectivity index (χ4v) is 4.40. The lowest BCUT2D eigenvalue weighted by molar-refractivity contribution is 0.0904. The molecule has 0 aliphatic rings. The summed E-state index contributed by atoms with van der Waals surface area (Å²) in [6, 6.07) is 7.87. The molecule has 0 N–H and O–H groups in total. The first-order valence-corrected chi connectivity index (χ1v) is 13.2. The Labute approximate surface area is 196 Å². The number of carbonyl (C=O) groups is 1. The molecule has 3 nitrogen and oxygen atoms in total. The second kappa shape index (κ2) is 15.7. The highest BCUT2D eigenvalue weighted by atomic mass is 16.1. The topological polar surface area (TPSA) is 42.9 Å². The second-order valence-corrected chi connectivity index (χ2v) is 9.18. The Hall–Kier alpha value is -2.03. The van der Waals surface area contributed by atoms with Gasteiger partial charge < -0.3 is 0 Å². The van der Waals surface area contributed by atoms with Gasteiger partial charge in [-0.15, -0.1) is 0 Å². The van der Waals surface area contributed by atoms with Gasteiger partial charge in [-0.3, -0.25) is 4.79 Å². The number of unbranched alkanes of at least 4 members (excludes halogenated alkanes) is 8. The minimum atomic E-state index is 0.0994. The third-order valence-electron chi connectivity index (χ3n) is 6.37. The molecule has 1 heterocycles. The largest absolute Gasteiger partial charge is 0.294 e. The zero-order valence-corrected chi connectivity index (χ0v) is 20.7. The Kier molecular flexibility index (Phi) is 12.9. The quantitative estimate of drug-likeness (QED) is 0.184. The Morgan fingerprint density at radius 2 is 1.38 bits per heavy atom. The molecular weight excluding hydrogens is 392 g/mol. The highest BCUT2D eigenvalue weighted by Crippen LogP contribution is 2.27. The number of aryl methyl sites for hydroxylation is 1. The lowest BCUT2D eigenvalue weighted by Gasteiger charge is -2.16. The predicted molar refractivity (Wildman–Crippen MR) is 136 cm³/mol. The molecule has 1 unspecified atom stereocenters. The molecule has 1 aromatic heterocycles. The van der Waals surface area contributed by atoms with E-state index in [4.69, 9.17) is 0 Å². The van der Waals surface area contributed by atoms with Crippen LogP contribution in [0.15, 0.2) is 36.7 Å². The molecule has 32 heavy (non-hydrogen) atoms. The van der Waals surface area contributed by atoms with Gasteiger partial charge in [0.1, 0.15) is 0 Å². The number of hydrogen-bond donors (Lipinski definition) is 0. The monoisotopic (exact) mass is 436 g/mol. The molecule has 3 heteroatoms. The van der Waals surface area contributed by atoms with E-state index >= 15 is 0 Å². The normalized spacial score (nSPS) is 12.1. The van der Waals surface area contributed by atoms with Crippen LogP contribution in [0.2, 0.25) is 0 Å². The Balaban J connectivity index is 1.95. The third-order valence-corrected chi connectivity index (χ3v) is 6.37. The molecule has 2 aromatic rings. The lowest BCUT2D eigenvalue weighted by Crippen LogP contribution is -2.16. The van der Waals surface area contributed by atoms with Crippen molar-refractivity contribution in [2.45, 2.75) is 111 Å². The molecule has 176 valence electrons. The molecule has 0 radical (unpaired) electrons. The van der Waals surface area contributed by atoms with Crippen molar-refractivity contribution in [3.63, 3.8) is 0 Å². The van der Waals surface area contributed by atoms with Crippen LogP contribution in [-0.2, 0) is 6.42 Å². The standard InChI is InChI=1S/C29H44N2O/c1-4-7-9-10-11-12-13-14-18-24-22-30-29(31-23-24)27-21-16-15-20-26(27)28(32)25(17-6-3)19-8-5-2/h15-16,20-23,25H,4-14,17-19H2,1-3H3. The summed E-state index contributed by atoms with van der Waals surface area (Å²) in [4.78, 5) is 22.6. The number of ketones is 1. The van der Waals surface area contributed by atoms with Crippen LogP contribution < -0.4 is 0 Å². The van der Waals surface area contributed by atoms with E-state index in [9.17, 15) is 4.79 Å². The van der Waals surface area contributed by atoms with E-state index in [0.717, 1.165) is 49.7 Å². The molecule has 2 rings (SSSR count). The number of Topliss-reactive ketones (excluding diaryl/α,β-unsaturated/α-hetero) is 1. The Bertz CT molecular complexity index is 769. The van der Waals surface area contributed by atoms with Crippen molar-refractivity contribution in [2.24, 2.45) is 5.92 Å². The van der Waals surface area contributed by atoms with Crippen LogP contribution in [0.5, 0.6) is 0 Å². The zero-order valence-electron chi connectivity index (χ0n) is 20.7. The first kappa shape index (κ1) is 26.2. The van der Waals surface area contributed by atoms with Crippen molar-refractivity contribution < 1.29 is 4.79 Å². The van der Waals surface area contributed by atoms with Crippen LogP contribution in [0.3, 0.4) is 0 Å². The van der Waals surface area contributed by atoms with E-state index in [2.05, 4.69) is 30.7 Å². The lowest BCUT2D eigenvalue weighted by atomic mass is 9.87. The minimum Gasteiger partial charge on any atom is -0.294 e. The number of hydrogen-bond acceptors (Lipinski definition) is 3. The van der Waals surface area contributed by atoms with Crippen LogP contribution in [-0.4, -0.2) is 15.8 Å². The summed E-state index contributed by atoms with van der Waals surface area (Å²) in [6.07, 6.45) is 20.7. The maximum absolute atomic E-state index is 13.3. The van der Waals surface area contributed by atoms with Gasteiger partial charge in [0.25, 0.3) is 0 Å². The second-order valence-electron chi connectivity index (χ2n) is 9.18. The molecule has 1 atom stereocenters. The highest BCUT2D eigenvalue weighted by Gasteiger charge is 2.22. The SMILES string of the molecule is CCCCCCCCCCc1cnc(-c2ccccc2C(=O)C(CCC)CCCC)nc1. The van der Waals surface area contributed by atoms with Crippen LogP contribution in [0, 0.1) is 5.92 Å². The molecule has 0 aliphatic heterocycles. The number of carbonyl (C=O) groups excluding carboxylic acids is 1. The molecule has 0 amide bonds. The first-order chi connectivity index (χ1) is 15.7. The van der Waals surface area contributed by atoms with Crippen molar-refractivity contribution in [3.8, 4) is 11.4 Å². The molecule has 0 spiro atoms. The van der Waals surface area contributed by atoms with Crippen LogP contribution >= 0.6 is 0 Å². The number of aromatic nitrogens is 2. The van der Waals surface area contributed by atoms with E-state index in [1.807, 2.05) is 36.7 Å². The van der Waals surface area contributed by atoms with E-state index in [-0.39, 0.29) is 11.7 Å². The summed E-state index contributed by atoms with van der Waals surface area (Å²) in [7, 11) is 0. The van der Waals surface area contributed by atoms with Gasteiger partial charge in [-0.1, -0.05) is 109 Å². The Morgan fingerprint density at radius 1 is 0.750 bits per heavy atom. The zero-order chi connectivity index (χ0) is 23.0.